The first-order valence-electron chi connectivity index (χ1n) is 2.94. The van der Waals surface area contributed by atoms with Crippen LogP contribution in [0.4, 0.5) is 0 Å². The lowest BCUT2D eigenvalue weighted by molar-refractivity contribution is 0.926. The molecule has 8 heavy (non-hydrogen) atoms. The number of rotatable bonds is 3. The summed E-state index contributed by atoms with van der Waals surface area (Å²) in [5, 5.41) is 3.04. The van der Waals surface area contributed by atoms with Gasteiger partial charge in [-0.1, -0.05) is 6.92 Å². The minimum atomic E-state index is 0.924. The summed E-state index contributed by atoms with van der Waals surface area (Å²) in [6, 6.07) is 0. The van der Waals surface area contributed by atoms with Crippen molar-refractivity contribution < 1.29 is 0 Å². The van der Waals surface area contributed by atoms with Gasteiger partial charge in [0.2, 0.25) is 0 Å². The molecule has 0 aromatic rings. The van der Waals surface area contributed by atoms with Crippen LogP contribution in [-0.4, -0.2) is 26.4 Å². The number of nitrogens with one attached hydrogen (secondary N) is 1. The summed E-state index contributed by atoms with van der Waals surface area (Å²) in [7, 11) is 3.76. The Kier molecular flexibility index (Phi) is 4.56. The third-order valence-electron chi connectivity index (χ3n) is 1.11. The maximum absolute atomic E-state index is 4.05. The van der Waals surface area contributed by atoms with Gasteiger partial charge in [0.15, 0.2) is 0 Å². The maximum atomic E-state index is 4.05. The fourth-order valence-electron chi connectivity index (χ4n) is 0.566. The average Bonchev–Trinajstić information content (AvgIpc) is 1.83. The van der Waals surface area contributed by atoms with Crippen LogP contribution in [-0.2, 0) is 0 Å². The molecule has 0 aromatic carbocycles. The number of hydrogen-bond acceptors (Lipinski definition) is 2. The molecule has 0 aliphatic heterocycles. The molecule has 0 spiro atoms. The quantitative estimate of drug-likeness (QED) is 0.536. The molecule has 0 atom stereocenters. The minimum absolute atomic E-state index is 0.924. The van der Waals surface area contributed by atoms with Crippen molar-refractivity contribution >= 4 is 5.71 Å². The van der Waals surface area contributed by atoms with Crippen LogP contribution in [0.2, 0.25) is 0 Å². The Bertz CT molecular complexity index is 76.6. The largest absolute Gasteiger partial charge is 0.315 e. The monoisotopic (exact) mass is 114 g/mol. The minimum Gasteiger partial charge on any atom is -0.315 e. The second-order valence-corrected chi connectivity index (χ2v) is 1.67. The molecule has 0 fully saturated rings. The Morgan fingerprint density at radius 3 is 2.38 bits per heavy atom. The van der Waals surface area contributed by atoms with E-state index in [1.807, 2.05) is 14.1 Å². The maximum Gasteiger partial charge on any atom is 0.0332 e. The van der Waals surface area contributed by atoms with Gasteiger partial charge < -0.3 is 5.32 Å². The van der Waals surface area contributed by atoms with Gasteiger partial charge in [0.05, 0.1) is 0 Å². The zero-order valence-corrected chi connectivity index (χ0v) is 5.86. The van der Waals surface area contributed by atoms with Crippen molar-refractivity contribution in [3.63, 3.8) is 0 Å². The first-order chi connectivity index (χ1) is 3.85. The van der Waals surface area contributed by atoms with Gasteiger partial charge in [-0.2, -0.15) is 0 Å². The summed E-state index contributed by atoms with van der Waals surface area (Å²) in [6.45, 7) is 3.03. The Balaban J connectivity index is 3.38. The fourth-order valence-corrected chi connectivity index (χ4v) is 0.566. The van der Waals surface area contributed by atoms with E-state index in [9.17, 15) is 0 Å². The van der Waals surface area contributed by atoms with Crippen LogP contribution in [0.15, 0.2) is 4.99 Å². The Hall–Kier alpha value is -0.370. The van der Waals surface area contributed by atoms with Crippen molar-refractivity contribution in [1.82, 2.24) is 5.32 Å². The highest BCUT2D eigenvalue weighted by atomic mass is 14.8. The molecule has 2 heteroatoms. The molecule has 0 aliphatic rings. The molecule has 0 bridgehead atoms. The Morgan fingerprint density at radius 1 is 1.62 bits per heavy atom. The standard InChI is InChI=1S/C6H14N2/c1-4-6(8-3)5-7-2/h7H,4-5H2,1-3H3. The summed E-state index contributed by atoms with van der Waals surface area (Å²) in [5.74, 6) is 0. The van der Waals surface area contributed by atoms with Crippen LogP contribution < -0.4 is 5.32 Å². The second kappa shape index (κ2) is 4.78. The van der Waals surface area contributed by atoms with Crippen LogP contribution >= 0.6 is 0 Å². The average molecular weight is 114 g/mol. The third-order valence-corrected chi connectivity index (χ3v) is 1.11. The Labute approximate surface area is 51.0 Å². The van der Waals surface area contributed by atoms with Gasteiger partial charge in [-0.15, -0.1) is 0 Å². The van der Waals surface area contributed by atoms with E-state index in [1.54, 1.807) is 0 Å². The molecular weight excluding hydrogens is 100 g/mol. The highest BCUT2D eigenvalue weighted by molar-refractivity contribution is 5.85. The molecule has 0 aromatic heterocycles. The predicted molar refractivity (Wildman–Crippen MR) is 37.6 cm³/mol. The van der Waals surface area contributed by atoms with Crippen molar-refractivity contribution in [1.29, 1.82) is 0 Å². The van der Waals surface area contributed by atoms with Crippen molar-refractivity contribution in [3.8, 4) is 0 Å². The van der Waals surface area contributed by atoms with Gasteiger partial charge >= 0.3 is 0 Å². The van der Waals surface area contributed by atoms with E-state index in [1.165, 1.54) is 5.71 Å². The highest BCUT2D eigenvalue weighted by Gasteiger charge is 1.88. The van der Waals surface area contributed by atoms with Gasteiger partial charge in [-0.05, 0) is 13.5 Å². The van der Waals surface area contributed by atoms with Gasteiger partial charge in [0.1, 0.15) is 0 Å². The zero-order chi connectivity index (χ0) is 6.41. The van der Waals surface area contributed by atoms with Gasteiger partial charge in [-0.3, -0.25) is 4.99 Å². The summed E-state index contributed by atoms with van der Waals surface area (Å²) >= 11 is 0. The van der Waals surface area contributed by atoms with E-state index in [4.69, 9.17) is 0 Å². The number of hydrogen-bond donors (Lipinski definition) is 1. The van der Waals surface area contributed by atoms with E-state index >= 15 is 0 Å². The second-order valence-electron chi connectivity index (χ2n) is 1.67. The summed E-state index contributed by atoms with van der Waals surface area (Å²) in [5.41, 5.74) is 1.23. The summed E-state index contributed by atoms with van der Waals surface area (Å²) in [6.07, 6.45) is 1.05. The molecule has 0 saturated carbocycles. The van der Waals surface area contributed by atoms with E-state index in [-0.39, 0.29) is 0 Å². The lowest BCUT2D eigenvalue weighted by atomic mass is 10.3. The molecule has 48 valence electrons. The summed E-state index contributed by atoms with van der Waals surface area (Å²) in [4.78, 5) is 4.05. The topological polar surface area (TPSA) is 24.4 Å². The molecule has 0 aliphatic carbocycles. The van der Waals surface area contributed by atoms with E-state index < -0.39 is 0 Å². The van der Waals surface area contributed by atoms with Crippen molar-refractivity contribution in [2.24, 2.45) is 4.99 Å². The normalized spacial score (nSPS) is 12.1. The molecule has 1 N–H and O–H groups in total. The molecular formula is C6H14N2. The van der Waals surface area contributed by atoms with Crippen LogP contribution in [0.3, 0.4) is 0 Å². The van der Waals surface area contributed by atoms with Crippen LogP contribution in [0, 0.1) is 0 Å². The van der Waals surface area contributed by atoms with Gasteiger partial charge in [-0.25, -0.2) is 0 Å². The first-order valence-corrected chi connectivity index (χ1v) is 2.94. The Morgan fingerprint density at radius 2 is 2.25 bits per heavy atom. The molecule has 0 saturated heterocycles. The lowest BCUT2D eigenvalue weighted by Gasteiger charge is -1.97. The number of aliphatic imine (C=N–C) groups is 1. The summed E-state index contributed by atoms with van der Waals surface area (Å²) < 4.78 is 0. The molecule has 2 nitrogen and oxygen atoms in total. The van der Waals surface area contributed by atoms with Gasteiger partial charge in [0.25, 0.3) is 0 Å². The van der Waals surface area contributed by atoms with Crippen LogP contribution in [0.5, 0.6) is 0 Å². The van der Waals surface area contributed by atoms with E-state index in [2.05, 4.69) is 17.2 Å². The van der Waals surface area contributed by atoms with Crippen LogP contribution in [0.25, 0.3) is 0 Å². The van der Waals surface area contributed by atoms with Crippen LogP contribution in [0.1, 0.15) is 13.3 Å². The first kappa shape index (κ1) is 7.63. The fraction of sp³-hybridized carbons (Fsp3) is 0.833. The SMILES string of the molecule is CCC(CNC)=NC. The van der Waals surface area contributed by atoms with Crippen molar-refractivity contribution in [2.45, 2.75) is 13.3 Å². The van der Waals surface area contributed by atoms with Crippen molar-refractivity contribution in [2.75, 3.05) is 20.6 Å². The van der Waals surface area contributed by atoms with E-state index in [0.29, 0.717) is 0 Å². The number of nitrogens with zero attached hydrogens (tertiary/aromatic N) is 1. The predicted octanol–water partition coefficient (Wildman–Crippen LogP) is 0.687. The lowest BCUT2D eigenvalue weighted by Crippen LogP contribution is -2.17. The third kappa shape index (κ3) is 2.75. The molecule has 0 amide bonds. The van der Waals surface area contributed by atoms with E-state index in [0.717, 1.165) is 13.0 Å². The molecule has 0 heterocycles. The molecule has 0 unspecified atom stereocenters. The molecule has 0 rings (SSSR count). The molecule has 0 radical (unpaired) electrons. The highest BCUT2D eigenvalue weighted by Crippen LogP contribution is 1.80. The smallest absolute Gasteiger partial charge is 0.0332 e. The zero-order valence-electron chi connectivity index (χ0n) is 5.86. The van der Waals surface area contributed by atoms with Gasteiger partial charge in [0, 0.05) is 19.3 Å². The van der Waals surface area contributed by atoms with Crippen molar-refractivity contribution in [3.05, 3.63) is 0 Å².